The van der Waals surface area contributed by atoms with Gasteiger partial charge in [-0.3, -0.25) is 9.59 Å². The zero-order valence-corrected chi connectivity index (χ0v) is 17.2. The van der Waals surface area contributed by atoms with Crippen LogP contribution in [0.3, 0.4) is 0 Å². The van der Waals surface area contributed by atoms with E-state index in [0.29, 0.717) is 11.3 Å². The lowest BCUT2D eigenvalue weighted by Crippen LogP contribution is -2.42. The molecule has 6 nitrogen and oxygen atoms in total. The predicted octanol–water partition coefficient (Wildman–Crippen LogP) is 3.96. The van der Waals surface area contributed by atoms with E-state index in [1.54, 1.807) is 37.4 Å². The fourth-order valence-electron chi connectivity index (χ4n) is 2.64. The number of anilines is 1. The van der Waals surface area contributed by atoms with Crippen molar-refractivity contribution in [2.24, 2.45) is 0 Å². The first kappa shape index (κ1) is 22.5. The van der Waals surface area contributed by atoms with Crippen LogP contribution in [0.4, 0.5) is 5.69 Å². The van der Waals surface area contributed by atoms with Crippen molar-refractivity contribution in [3.8, 4) is 0 Å². The lowest BCUT2D eigenvalue weighted by atomic mass is 10.0. The summed E-state index contributed by atoms with van der Waals surface area (Å²) in [6, 6.07) is 10.2. The number of hydrogen-bond donors (Lipinski definition) is 2. The van der Waals surface area contributed by atoms with Gasteiger partial charge < -0.3 is 15.3 Å². The van der Waals surface area contributed by atoms with Crippen molar-refractivity contribution < 1.29 is 19.5 Å². The van der Waals surface area contributed by atoms with E-state index in [1.807, 2.05) is 0 Å². The standard InChI is InChI=1S/C21H20Cl2N2O4/c1-3-5-18(26)25(2)14-10-8-13(9-11-14)12-17(21(28)29)24-20(27)19-15(22)6-4-7-16(19)23/h3-4,6-11,17H,1,5,12H2,2H3,(H,24,27)(H,28,29)/t17-/m0/s1. The monoisotopic (exact) mass is 434 g/mol. The average Bonchev–Trinajstić information content (AvgIpc) is 2.67. The molecule has 0 aliphatic rings. The maximum Gasteiger partial charge on any atom is 0.326 e. The minimum absolute atomic E-state index is 0.0276. The van der Waals surface area contributed by atoms with Crippen LogP contribution in [0.2, 0.25) is 10.0 Å². The summed E-state index contributed by atoms with van der Waals surface area (Å²) in [7, 11) is 1.65. The Bertz CT molecular complexity index is 909. The topological polar surface area (TPSA) is 86.7 Å². The average molecular weight is 435 g/mol. The molecule has 0 aliphatic carbocycles. The molecule has 2 aromatic carbocycles. The Hall–Kier alpha value is -2.83. The fraction of sp³-hybridized carbons (Fsp3) is 0.190. The highest BCUT2D eigenvalue weighted by Gasteiger charge is 2.24. The third-order valence-electron chi connectivity index (χ3n) is 4.25. The quantitative estimate of drug-likeness (QED) is 0.615. The Balaban J connectivity index is 2.13. The van der Waals surface area contributed by atoms with Gasteiger partial charge in [0.1, 0.15) is 6.04 Å². The van der Waals surface area contributed by atoms with Gasteiger partial charge in [-0.1, -0.05) is 47.5 Å². The first-order valence-electron chi connectivity index (χ1n) is 8.68. The summed E-state index contributed by atoms with van der Waals surface area (Å²) in [6.07, 6.45) is 1.79. The van der Waals surface area contributed by atoms with Gasteiger partial charge in [0.05, 0.1) is 15.6 Å². The zero-order valence-electron chi connectivity index (χ0n) is 15.7. The van der Waals surface area contributed by atoms with Crippen molar-refractivity contribution in [3.63, 3.8) is 0 Å². The van der Waals surface area contributed by atoms with Gasteiger partial charge >= 0.3 is 5.97 Å². The lowest BCUT2D eigenvalue weighted by molar-refractivity contribution is -0.139. The van der Waals surface area contributed by atoms with Crippen molar-refractivity contribution >= 4 is 46.7 Å². The van der Waals surface area contributed by atoms with E-state index in [1.165, 1.54) is 23.1 Å². The van der Waals surface area contributed by atoms with Crippen LogP contribution >= 0.6 is 23.2 Å². The third-order valence-corrected chi connectivity index (χ3v) is 4.88. The molecule has 0 unspecified atom stereocenters. The maximum absolute atomic E-state index is 12.5. The molecule has 0 fully saturated rings. The number of carboxylic acid groups (broad SMARTS) is 1. The van der Waals surface area contributed by atoms with Crippen LogP contribution < -0.4 is 10.2 Å². The molecule has 1 atom stereocenters. The van der Waals surface area contributed by atoms with Crippen LogP contribution in [-0.4, -0.2) is 36.0 Å². The second-order valence-corrected chi connectivity index (χ2v) is 7.09. The molecule has 0 aliphatic heterocycles. The van der Waals surface area contributed by atoms with Crippen molar-refractivity contribution in [2.45, 2.75) is 18.9 Å². The molecule has 0 saturated heterocycles. The Morgan fingerprint density at radius 2 is 1.72 bits per heavy atom. The summed E-state index contributed by atoms with van der Waals surface area (Å²) in [5.74, 6) is -1.97. The molecule has 0 bridgehead atoms. The SMILES string of the molecule is C=CCC(=O)N(C)c1ccc(C[C@H](NC(=O)c2c(Cl)cccc2Cl)C(=O)O)cc1. The first-order chi connectivity index (χ1) is 13.7. The molecule has 8 heteroatoms. The number of hydrogen-bond acceptors (Lipinski definition) is 3. The molecule has 0 spiro atoms. The largest absolute Gasteiger partial charge is 0.480 e. The van der Waals surface area contributed by atoms with E-state index in [2.05, 4.69) is 11.9 Å². The highest BCUT2D eigenvalue weighted by Crippen LogP contribution is 2.24. The number of carbonyl (C=O) groups is 3. The van der Waals surface area contributed by atoms with E-state index in [4.69, 9.17) is 23.2 Å². The minimum Gasteiger partial charge on any atom is -0.480 e. The summed E-state index contributed by atoms with van der Waals surface area (Å²) in [4.78, 5) is 37.5. The van der Waals surface area contributed by atoms with E-state index in [-0.39, 0.29) is 34.4 Å². The van der Waals surface area contributed by atoms with Gasteiger partial charge in [0.15, 0.2) is 0 Å². The van der Waals surface area contributed by atoms with Crippen molar-refractivity contribution in [3.05, 3.63) is 76.3 Å². The van der Waals surface area contributed by atoms with Gasteiger partial charge in [-0.15, -0.1) is 6.58 Å². The first-order valence-corrected chi connectivity index (χ1v) is 9.44. The molecular weight excluding hydrogens is 415 g/mol. The summed E-state index contributed by atoms with van der Waals surface area (Å²) in [5.41, 5.74) is 1.37. The molecule has 2 rings (SSSR count). The van der Waals surface area contributed by atoms with Crippen molar-refractivity contribution in [2.75, 3.05) is 11.9 Å². The molecule has 0 heterocycles. The van der Waals surface area contributed by atoms with E-state index < -0.39 is 17.9 Å². The van der Waals surface area contributed by atoms with Gasteiger partial charge in [0, 0.05) is 25.6 Å². The third kappa shape index (κ3) is 5.82. The van der Waals surface area contributed by atoms with Crippen LogP contribution in [0, 0.1) is 0 Å². The van der Waals surface area contributed by atoms with E-state index in [0.717, 1.165) is 0 Å². The van der Waals surface area contributed by atoms with Crippen LogP contribution in [0.5, 0.6) is 0 Å². The molecule has 0 radical (unpaired) electrons. The smallest absolute Gasteiger partial charge is 0.326 e. The number of nitrogens with one attached hydrogen (secondary N) is 1. The van der Waals surface area contributed by atoms with E-state index >= 15 is 0 Å². The van der Waals surface area contributed by atoms with Crippen molar-refractivity contribution in [1.82, 2.24) is 5.32 Å². The number of halogens is 2. The Labute approximate surface area is 178 Å². The summed E-state index contributed by atoms with van der Waals surface area (Å²) >= 11 is 12.0. The molecule has 152 valence electrons. The molecule has 0 saturated carbocycles. The Morgan fingerprint density at radius 3 is 2.24 bits per heavy atom. The number of benzene rings is 2. The Kier molecular flexibility index (Phi) is 7.82. The van der Waals surface area contributed by atoms with Gasteiger partial charge in [0.2, 0.25) is 5.91 Å². The number of rotatable bonds is 8. The Morgan fingerprint density at radius 1 is 1.14 bits per heavy atom. The number of nitrogens with zero attached hydrogens (tertiary/aromatic N) is 1. The summed E-state index contributed by atoms with van der Waals surface area (Å²) in [5, 5.41) is 12.2. The number of aliphatic carboxylic acids is 1. The zero-order chi connectivity index (χ0) is 21.6. The van der Waals surface area contributed by atoms with Gasteiger partial charge in [0.25, 0.3) is 5.91 Å². The number of amides is 2. The van der Waals surface area contributed by atoms with E-state index in [9.17, 15) is 19.5 Å². The molecule has 29 heavy (non-hydrogen) atoms. The normalized spacial score (nSPS) is 11.4. The lowest BCUT2D eigenvalue weighted by Gasteiger charge is -2.18. The minimum atomic E-state index is -1.19. The molecule has 2 amide bonds. The maximum atomic E-state index is 12.5. The van der Waals surface area contributed by atoms with Gasteiger partial charge in [-0.25, -0.2) is 4.79 Å². The second kappa shape index (κ2) is 10.1. The van der Waals surface area contributed by atoms with Crippen LogP contribution in [-0.2, 0) is 16.0 Å². The molecular formula is C21H20Cl2N2O4. The van der Waals surface area contributed by atoms with Gasteiger partial charge in [-0.05, 0) is 29.8 Å². The molecule has 2 aromatic rings. The predicted molar refractivity (Wildman–Crippen MR) is 114 cm³/mol. The second-order valence-electron chi connectivity index (χ2n) is 6.28. The van der Waals surface area contributed by atoms with Gasteiger partial charge in [-0.2, -0.15) is 0 Å². The molecule has 0 aromatic heterocycles. The number of carbonyl (C=O) groups excluding carboxylic acids is 2. The highest BCUT2D eigenvalue weighted by molar-refractivity contribution is 6.39. The highest BCUT2D eigenvalue weighted by atomic mass is 35.5. The van der Waals surface area contributed by atoms with Crippen LogP contribution in [0.15, 0.2) is 55.1 Å². The summed E-state index contributed by atoms with van der Waals surface area (Å²) < 4.78 is 0. The fourth-order valence-corrected chi connectivity index (χ4v) is 3.21. The van der Waals surface area contributed by atoms with Crippen LogP contribution in [0.25, 0.3) is 0 Å². The van der Waals surface area contributed by atoms with Crippen molar-refractivity contribution in [1.29, 1.82) is 0 Å². The van der Waals surface area contributed by atoms with Crippen LogP contribution in [0.1, 0.15) is 22.3 Å². The number of carboxylic acids is 1. The summed E-state index contributed by atoms with van der Waals surface area (Å²) in [6.45, 7) is 3.54. The molecule has 2 N–H and O–H groups in total.